The topological polar surface area (TPSA) is 115 Å². The van der Waals surface area contributed by atoms with E-state index in [1.54, 1.807) is 0 Å². The van der Waals surface area contributed by atoms with Crippen LogP contribution in [-0.4, -0.2) is 13.3 Å². The first-order chi connectivity index (χ1) is 11.2. The normalized spacial score (nSPS) is 12.8. The Bertz CT molecular complexity index is 836. The Hall–Kier alpha value is -2.45. The van der Waals surface area contributed by atoms with E-state index in [-0.39, 0.29) is 28.2 Å². The molecular formula is C16H19N3O4S. The molecule has 0 aliphatic heterocycles. The molecule has 0 spiro atoms. The van der Waals surface area contributed by atoms with Crippen molar-refractivity contribution in [1.82, 2.24) is 0 Å². The summed E-state index contributed by atoms with van der Waals surface area (Å²) in [5.74, 6) is 0.157. The number of sulfonamides is 1. The molecule has 2 aromatic rings. The van der Waals surface area contributed by atoms with Gasteiger partial charge in [0.15, 0.2) is 0 Å². The zero-order valence-corrected chi connectivity index (χ0v) is 14.2. The lowest BCUT2D eigenvalue weighted by molar-refractivity contribution is -0.384. The highest BCUT2D eigenvalue weighted by molar-refractivity contribution is 7.89. The van der Waals surface area contributed by atoms with Gasteiger partial charge in [-0.1, -0.05) is 44.2 Å². The average Bonchev–Trinajstić information content (AvgIpc) is 2.52. The number of benzene rings is 2. The van der Waals surface area contributed by atoms with Gasteiger partial charge in [0.05, 0.1) is 15.9 Å². The first-order valence-electron chi connectivity index (χ1n) is 7.33. The second kappa shape index (κ2) is 6.98. The Kier molecular flexibility index (Phi) is 5.20. The Labute approximate surface area is 140 Å². The molecule has 3 N–H and O–H groups in total. The summed E-state index contributed by atoms with van der Waals surface area (Å²) in [7, 11) is -4.00. The molecule has 7 nitrogen and oxygen atoms in total. The van der Waals surface area contributed by atoms with Crippen LogP contribution < -0.4 is 10.5 Å². The summed E-state index contributed by atoms with van der Waals surface area (Å²) in [6.45, 7) is 3.99. The van der Waals surface area contributed by atoms with Crippen molar-refractivity contribution >= 4 is 21.4 Å². The summed E-state index contributed by atoms with van der Waals surface area (Å²) >= 11 is 0. The van der Waals surface area contributed by atoms with Crippen LogP contribution in [0.15, 0.2) is 53.4 Å². The summed E-state index contributed by atoms with van der Waals surface area (Å²) in [4.78, 5) is 10.4. The molecule has 1 unspecified atom stereocenters. The fraction of sp³-hybridized carbons (Fsp3) is 0.250. The minimum Gasteiger partial charge on any atom is -0.372 e. The number of rotatable bonds is 6. The second-order valence-corrected chi connectivity index (χ2v) is 7.32. The van der Waals surface area contributed by atoms with Crippen LogP contribution in [0.25, 0.3) is 0 Å². The van der Waals surface area contributed by atoms with Crippen molar-refractivity contribution in [2.24, 2.45) is 11.1 Å². The van der Waals surface area contributed by atoms with Gasteiger partial charge >= 0.3 is 0 Å². The Balaban J connectivity index is 2.45. The van der Waals surface area contributed by atoms with E-state index in [0.717, 1.165) is 11.6 Å². The number of nitrogens with two attached hydrogens (primary N) is 1. The number of hydrogen-bond donors (Lipinski definition) is 2. The van der Waals surface area contributed by atoms with Gasteiger partial charge in [0.1, 0.15) is 5.69 Å². The van der Waals surface area contributed by atoms with E-state index in [0.29, 0.717) is 0 Å². The maximum absolute atomic E-state index is 11.4. The van der Waals surface area contributed by atoms with Crippen LogP contribution in [0.1, 0.15) is 25.5 Å². The first-order valence-corrected chi connectivity index (χ1v) is 8.87. The minimum atomic E-state index is -4.00. The monoisotopic (exact) mass is 349 g/mol. The number of nitrogens with one attached hydrogen (secondary N) is 1. The Morgan fingerprint density at radius 3 is 2.25 bits per heavy atom. The molecule has 0 aromatic heterocycles. The predicted octanol–water partition coefficient (Wildman–Crippen LogP) is 3.05. The zero-order valence-electron chi connectivity index (χ0n) is 13.3. The molecule has 0 heterocycles. The average molecular weight is 349 g/mol. The quantitative estimate of drug-likeness (QED) is 0.614. The van der Waals surface area contributed by atoms with Crippen molar-refractivity contribution < 1.29 is 13.3 Å². The highest BCUT2D eigenvalue weighted by Gasteiger charge is 2.23. The Morgan fingerprint density at radius 1 is 1.12 bits per heavy atom. The van der Waals surface area contributed by atoms with Gasteiger partial charge in [0, 0.05) is 6.07 Å². The molecule has 24 heavy (non-hydrogen) atoms. The molecule has 0 aliphatic rings. The number of anilines is 1. The van der Waals surface area contributed by atoms with Crippen molar-refractivity contribution in [1.29, 1.82) is 0 Å². The van der Waals surface area contributed by atoms with E-state index < -0.39 is 14.9 Å². The smallest absolute Gasteiger partial charge is 0.293 e. The van der Waals surface area contributed by atoms with Crippen LogP contribution in [-0.2, 0) is 10.0 Å². The van der Waals surface area contributed by atoms with E-state index >= 15 is 0 Å². The standard InChI is InChI=1S/C16H19N3O4S/c1-11(2)16(12-6-4-3-5-7-12)18-14-9-8-13(24(17,22)23)10-15(14)19(20)21/h3-11,16,18H,1-2H3,(H2,17,22,23). The van der Waals surface area contributed by atoms with Crippen molar-refractivity contribution in [3.05, 3.63) is 64.2 Å². The van der Waals surface area contributed by atoms with Crippen molar-refractivity contribution in [3.63, 3.8) is 0 Å². The SMILES string of the molecule is CC(C)C(Nc1ccc(S(N)(=O)=O)cc1[N+](=O)[O-])c1ccccc1. The summed E-state index contributed by atoms with van der Waals surface area (Å²) in [6, 6.07) is 13.0. The van der Waals surface area contributed by atoms with E-state index in [1.807, 2.05) is 44.2 Å². The van der Waals surface area contributed by atoms with Crippen LogP contribution in [0.3, 0.4) is 0 Å². The first kappa shape index (κ1) is 17.9. The minimum absolute atomic E-state index is 0.157. The van der Waals surface area contributed by atoms with Crippen molar-refractivity contribution in [3.8, 4) is 0 Å². The van der Waals surface area contributed by atoms with Crippen molar-refractivity contribution in [2.75, 3.05) is 5.32 Å². The summed E-state index contributed by atoms with van der Waals surface area (Å²) in [5, 5.41) is 19.5. The molecule has 0 bridgehead atoms. The maximum Gasteiger partial charge on any atom is 0.293 e. The third-order valence-corrected chi connectivity index (χ3v) is 4.54. The molecule has 0 saturated heterocycles. The lowest BCUT2D eigenvalue weighted by atomic mass is 9.95. The third-order valence-electron chi connectivity index (χ3n) is 3.63. The zero-order chi connectivity index (χ0) is 17.9. The predicted molar refractivity (Wildman–Crippen MR) is 92.1 cm³/mol. The molecule has 128 valence electrons. The van der Waals surface area contributed by atoms with E-state index in [1.165, 1.54) is 12.1 Å². The van der Waals surface area contributed by atoms with Gasteiger partial charge in [0.25, 0.3) is 5.69 Å². The number of nitrogens with zero attached hydrogens (tertiary/aromatic N) is 1. The second-order valence-electron chi connectivity index (χ2n) is 5.76. The van der Waals surface area contributed by atoms with Crippen LogP contribution in [0.5, 0.6) is 0 Å². The molecule has 0 amide bonds. The summed E-state index contributed by atoms with van der Waals surface area (Å²) in [5.41, 5.74) is 0.899. The molecular weight excluding hydrogens is 330 g/mol. The largest absolute Gasteiger partial charge is 0.372 e. The highest BCUT2D eigenvalue weighted by Crippen LogP contribution is 2.33. The molecule has 0 aliphatic carbocycles. The maximum atomic E-state index is 11.4. The van der Waals surface area contributed by atoms with Crippen LogP contribution in [0, 0.1) is 16.0 Å². The van der Waals surface area contributed by atoms with Crippen LogP contribution in [0.2, 0.25) is 0 Å². The number of hydrogen-bond acceptors (Lipinski definition) is 5. The van der Waals surface area contributed by atoms with Gasteiger partial charge < -0.3 is 5.32 Å². The van der Waals surface area contributed by atoms with E-state index in [4.69, 9.17) is 5.14 Å². The van der Waals surface area contributed by atoms with Crippen LogP contribution in [0.4, 0.5) is 11.4 Å². The fourth-order valence-electron chi connectivity index (χ4n) is 2.42. The van der Waals surface area contributed by atoms with Gasteiger partial charge in [-0.05, 0) is 23.6 Å². The summed E-state index contributed by atoms with van der Waals surface area (Å²) < 4.78 is 22.8. The van der Waals surface area contributed by atoms with Gasteiger partial charge in [-0.3, -0.25) is 10.1 Å². The van der Waals surface area contributed by atoms with E-state index in [9.17, 15) is 18.5 Å². The molecule has 8 heteroatoms. The number of nitro benzene ring substituents is 1. The lowest BCUT2D eigenvalue weighted by Crippen LogP contribution is -2.18. The fourth-order valence-corrected chi connectivity index (χ4v) is 2.96. The molecule has 0 fully saturated rings. The van der Waals surface area contributed by atoms with Gasteiger partial charge in [-0.2, -0.15) is 0 Å². The molecule has 2 rings (SSSR count). The molecule has 2 aromatic carbocycles. The van der Waals surface area contributed by atoms with E-state index in [2.05, 4.69) is 5.32 Å². The lowest BCUT2D eigenvalue weighted by Gasteiger charge is -2.24. The number of nitro groups is 1. The molecule has 0 saturated carbocycles. The van der Waals surface area contributed by atoms with Gasteiger partial charge in [0.2, 0.25) is 10.0 Å². The van der Waals surface area contributed by atoms with Crippen LogP contribution >= 0.6 is 0 Å². The Morgan fingerprint density at radius 2 is 1.75 bits per heavy atom. The van der Waals surface area contributed by atoms with Gasteiger partial charge in [-0.15, -0.1) is 0 Å². The third kappa shape index (κ3) is 4.09. The summed E-state index contributed by atoms with van der Waals surface area (Å²) in [6.07, 6.45) is 0. The van der Waals surface area contributed by atoms with Gasteiger partial charge in [-0.25, -0.2) is 13.6 Å². The highest BCUT2D eigenvalue weighted by atomic mass is 32.2. The number of primary sulfonamides is 1. The molecule has 0 radical (unpaired) electrons. The molecule has 1 atom stereocenters. The van der Waals surface area contributed by atoms with Crippen molar-refractivity contribution in [2.45, 2.75) is 24.8 Å².